The Morgan fingerprint density at radius 2 is 2.04 bits per heavy atom. The van der Waals surface area contributed by atoms with Crippen LogP contribution in [0, 0.1) is 5.82 Å². The summed E-state index contributed by atoms with van der Waals surface area (Å²) in [6, 6.07) is 14.4. The second kappa shape index (κ2) is 7.38. The molecule has 0 radical (unpaired) electrons. The molecule has 5 heteroatoms. The van der Waals surface area contributed by atoms with Crippen LogP contribution in [0.2, 0.25) is 0 Å². The number of hydrogen-bond donors (Lipinski definition) is 2. The molecule has 124 valence electrons. The number of hydrogen-bond acceptors (Lipinski definition) is 3. The highest BCUT2D eigenvalue weighted by molar-refractivity contribution is 5.37. The van der Waals surface area contributed by atoms with Crippen molar-refractivity contribution in [3.05, 3.63) is 84.2 Å². The number of rotatable bonds is 6. The van der Waals surface area contributed by atoms with E-state index >= 15 is 0 Å². The van der Waals surface area contributed by atoms with Crippen molar-refractivity contribution in [1.29, 1.82) is 0 Å². The Morgan fingerprint density at radius 3 is 2.79 bits per heavy atom. The van der Waals surface area contributed by atoms with Crippen LogP contribution in [0.1, 0.15) is 30.2 Å². The molecule has 0 aliphatic heterocycles. The normalized spacial score (nSPS) is 13.6. The lowest BCUT2D eigenvalue weighted by Crippen LogP contribution is -2.25. The van der Waals surface area contributed by atoms with Gasteiger partial charge in [0.25, 0.3) is 0 Å². The van der Waals surface area contributed by atoms with E-state index in [4.69, 9.17) is 0 Å². The molecule has 4 nitrogen and oxygen atoms in total. The van der Waals surface area contributed by atoms with Gasteiger partial charge in [-0.2, -0.15) is 0 Å². The Balaban J connectivity index is 1.66. The van der Waals surface area contributed by atoms with E-state index in [0.717, 1.165) is 11.3 Å². The van der Waals surface area contributed by atoms with Crippen molar-refractivity contribution in [1.82, 2.24) is 14.9 Å². The van der Waals surface area contributed by atoms with Gasteiger partial charge in [-0.3, -0.25) is 0 Å². The zero-order valence-electron chi connectivity index (χ0n) is 13.4. The van der Waals surface area contributed by atoms with Crippen LogP contribution < -0.4 is 5.32 Å². The average Bonchev–Trinajstić information content (AvgIpc) is 3.14. The van der Waals surface area contributed by atoms with Gasteiger partial charge in [0.1, 0.15) is 5.82 Å². The third-order valence-corrected chi connectivity index (χ3v) is 4.05. The molecule has 0 saturated carbocycles. The minimum atomic E-state index is -0.884. The maximum Gasteiger partial charge on any atom is 0.129 e. The molecule has 0 unspecified atom stereocenters. The third kappa shape index (κ3) is 3.69. The van der Waals surface area contributed by atoms with E-state index < -0.39 is 6.10 Å². The highest BCUT2D eigenvalue weighted by Crippen LogP contribution is 2.19. The van der Waals surface area contributed by atoms with Crippen LogP contribution >= 0.6 is 0 Å². The minimum Gasteiger partial charge on any atom is -0.387 e. The molecule has 0 fully saturated rings. The summed E-state index contributed by atoms with van der Waals surface area (Å²) in [5.74, 6) is -0.387. The molecule has 2 aromatic carbocycles. The van der Waals surface area contributed by atoms with Gasteiger partial charge in [-0.1, -0.05) is 30.3 Å². The largest absolute Gasteiger partial charge is 0.387 e. The first-order valence-electron chi connectivity index (χ1n) is 7.89. The van der Waals surface area contributed by atoms with Gasteiger partial charge in [0.05, 0.1) is 12.4 Å². The van der Waals surface area contributed by atoms with E-state index in [1.54, 1.807) is 30.7 Å². The molecular formula is C19H20FN3O. The van der Waals surface area contributed by atoms with Crippen LogP contribution in [0.5, 0.6) is 0 Å². The fourth-order valence-corrected chi connectivity index (χ4v) is 2.63. The monoisotopic (exact) mass is 325 g/mol. The smallest absolute Gasteiger partial charge is 0.129 e. The molecule has 0 aliphatic carbocycles. The maximum absolute atomic E-state index is 13.7. The molecule has 0 bridgehead atoms. The first kappa shape index (κ1) is 16.4. The van der Waals surface area contributed by atoms with Crippen LogP contribution in [-0.4, -0.2) is 21.2 Å². The fraction of sp³-hybridized carbons (Fsp3) is 0.211. The lowest BCUT2D eigenvalue weighted by molar-refractivity contribution is 0.166. The molecule has 2 atom stereocenters. The summed E-state index contributed by atoms with van der Waals surface area (Å²) in [5.41, 5.74) is 2.42. The fourth-order valence-electron chi connectivity index (χ4n) is 2.63. The van der Waals surface area contributed by atoms with Crippen LogP contribution in [0.4, 0.5) is 4.39 Å². The Hall–Kier alpha value is -2.50. The second-order valence-corrected chi connectivity index (χ2v) is 5.73. The molecule has 0 aliphatic rings. The van der Waals surface area contributed by atoms with Crippen molar-refractivity contribution < 1.29 is 9.50 Å². The highest BCUT2D eigenvalue weighted by atomic mass is 19.1. The highest BCUT2D eigenvalue weighted by Gasteiger charge is 2.14. The summed E-state index contributed by atoms with van der Waals surface area (Å²) in [7, 11) is 0. The van der Waals surface area contributed by atoms with Crippen molar-refractivity contribution >= 4 is 0 Å². The van der Waals surface area contributed by atoms with E-state index in [-0.39, 0.29) is 18.4 Å². The Bertz CT molecular complexity index is 789. The van der Waals surface area contributed by atoms with Crippen molar-refractivity contribution in [2.45, 2.75) is 19.1 Å². The summed E-state index contributed by atoms with van der Waals surface area (Å²) in [4.78, 5) is 4.05. The van der Waals surface area contributed by atoms with Crippen LogP contribution in [0.3, 0.4) is 0 Å². The third-order valence-electron chi connectivity index (χ3n) is 4.05. The predicted molar refractivity (Wildman–Crippen MR) is 91.3 cm³/mol. The first-order valence-corrected chi connectivity index (χ1v) is 7.89. The molecule has 24 heavy (non-hydrogen) atoms. The van der Waals surface area contributed by atoms with Gasteiger partial charge in [0.15, 0.2) is 0 Å². The van der Waals surface area contributed by atoms with E-state index in [9.17, 15) is 9.50 Å². The summed E-state index contributed by atoms with van der Waals surface area (Å²) in [6.45, 7) is 2.29. The number of nitrogens with one attached hydrogen (secondary N) is 1. The predicted octanol–water partition coefficient (Wildman–Crippen LogP) is 3.40. The second-order valence-electron chi connectivity index (χ2n) is 5.73. The van der Waals surface area contributed by atoms with Gasteiger partial charge in [0.2, 0.25) is 0 Å². The summed E-state index contributed by atoms with van der Waals surface area (Å²) < 4.78 is 15.6. The Labute approximate surface area is 140 Å². The lowest BCUT2D eigenvalue weighted by Gasteiger charge is -2.19. The Morgan fingerprint density at radius 1 is 1.21 bits per heavy atom. The molecule has 3 aromatic rings. The van der Waals surface area contributed by atoms with Crippen molar-refractivity contribution in [3.8, 4) is 5.69 Å². The van der Waals surface area contributed by atoms with Crippen LogP contribution in [-0.2, 0) is 0 Å². The van der Waals surface area contributed by atoms with E-state index in [1.807, 2.05) is 35.9 Å². The number of aliphatic hydroxyl groups is 1. The zero-order chi connectivity index (χ0) is 16.9. The topological polar surface area (TPSA) is 50.1 Å². The molecule has 1 heterocycles. The molecule has 0 saturated heterocycles. The number of benzene rings is 2. The molecule has 3 rings (SSSR count). The van der Waals surface area contributed by atoms with Gasteiger partial charge >= 0.3 is 0 Å². The van der Waals surface area contributed by atoms with Crippen LogP contribution in [0.25, 0.3) is 5.69 Å². The zero-order valence-corrected chi connectivity index (χ0v) is 13.4. The molecule has 0 amide bonds. The molecule has 0 spiro atoms. The number of halogens is 1. The Kier molecular flexibility index (Phi) is 5.03. The molecular weight excluding hydrogens is 305 g/mol. The lowest BCUT2D eigenvalue weighted by atomic mass is 10.1. The van der Waals surface area contributed by atoms with E-state index in [1.165, 1.54) is 6.07 Å². The van der Waals surface area contributed by atoms with E-state index in [2.05, 4.69) is 16.4 Å². The standard InChI is InChI=1S/C19H20FN3O/c1-14(22-12-19(24)17-7-2-3-8-18(17)20)15-5-4-6-16(11-15)23-10-9-21-13-23/h2-11,13-14,19,22,24H,12H2,1H3/t14-,19-/m0/s1. The number of aromatic nitrogens is 2. The summed E-state index contributed by atoms with van der Waals surface area (Å²) >= 11 is 0. The number of nitrogens with zero attached hydrogens (tertiary/aromatic N) is 2. The van der Waals surface area contributed by atoms with Gasteiger partial charge < -0.3 is 15.0 Å². The first-order chi connectivity index (χ1) is 11.6. The van der Waals surface area contributed by atoms with Gasteiger partial charge in [-0.15, -0.1) is 0 Å². The maximum atomic E-state index is 13.7. The SMILES string of the molecule is C[C@H](NC[C@H](O)c1ccccc1F)c1cccc(-n2ccnc2)c1. The number of imidazole rings is 1. The quantitative estimate of drug-likeness (QED) is 0.730. The van der Waals surface area contributed by atoms with Gasteiger partial charge in [-0.25, -0.2) is 9.37 Å². The summed E-state index contributed by atoms with van der Waals surface area (Å²) in [5, 5.41) is 13.4. The van der Waals surface area contributed by atoms with Crippen molar-refractivity contribution in [3.63, 3.8) is 0 Å². The van der Waals surface area contributed by atoms with Crippen molar-refractivity contribution in [2.24, 2.45) is 0 Å². The van der Waals surface area contributed by atoms with Gasteiger partial charge in [0, 0.05) is 36.2 Å². The average molecular weight is 325 g/mol. The van der Waals surface area contributed by atoms with Gasteiger partial charge in [-0.05, 0) is 30.7 Å². The molecule has 1 aromatic heterocycles. The van der Waals surface area contributed by atoms with E-state index in [0.29, 0.717) is 5.56 Å². The minimum absolute atomic E-state index is 0.0231. The van der Waals surface area contributed by atoms with Crippen LogP contribution in [0.15, 0.2) is 67.3 Å². The summed E-state index contributed by atoms with van der Waals surface area (Å²) in [6.07, 6.45) is 4.49. The number of aliphatic hydroxyl groups excluding tert-OH is 1. The molecule has 2 N–H and O–H groups in total. The van der Waals surface area contributed by atoms with Crippen molar-refractivity contribution in [2.75, 3.05) is 6.54 Å².